The van der Waals surface area contributed by atoms with Gasteiger partial charge in [0.15, 0.2) is 5.78 Å². The average Bonchev–Trinajstić information content (AvgIpc) is 3.38. The van der Waals surface area contributed by atoms with E-state index in [9.17, 15) is 9.59 Å². The van der Waals surface area contributed by atoms with Crippen LogP contribution in [0.25, 0.3) is 0 Å². The number of benzene rings is 1. The first-order valence-electron chi connectivity index (χ1n) is 7.36. The normalized spacial score (nSPS) is 18.4. The molecule has 0 bridgehead atoms. The fourth-order valence-corrected chi connectivity index (χ4v) is 2.32. The molecule has 5 nitrogen and oxygen atoms in total. The molecule has 1 saturated heterocycles. The van der Waals surface area contributed by atoms with Crippen molar-refractivity contribution in [2.45, 2.75) is 12.8 Å². The first kappa shape index (κ1) is 14.1. The summed E-state index contributed by atoms with van der Waals surface area (Å²) in [6, 6.07) is 6.98. The molecule has 2 fully saturated rings. The minimum absolute atomic E-state index is 0.0129. The molecule has 3 rings (SSSR count). The van der Waals surface area contributed by atoms with Crippen LogP contribution in [0.1, 0.15) is 23.2 Å². The third-order valence-corrected chi connectivity index (χ3v) is 3.81. The van der Waals surface area contributed by atoms with Gasteiger partial charge in [0.25, 0.3) is 5.91 Å². The second-order valence-corrected chi connectivity index (χ2v) is 5.46. The van der Waals surface area contributed by atoms with E-state index in [2.05, 4.69) is 0 Å². The Kier molecular flexibility index (Phi) is 4.20. The molecule has 1 saturated carbocycles. The molecule has 0 N–H and O–H groups in total. The highest BCUT2D eigenvalue weighted by Gasteiger charge is 2.29. The summed E-state index contributed by atoms with van der Waals surface area (Å²) in [6.07, 6.45) is 1.99. The van der Waals surface area contributed by atoms with Gasteiger partial charge in [-0.3, -0.25) is 9.59 Å². The van der Waals surface area contributed by atoms with E-state index >= 15 is 0 Å². The van der Waals surface area contributed by atoms with E-state index in [1.54, 1.807) is 29.2 Å². The summed E-state index contributed by atoms with van der Waals surface area (Å²) in [5.74, 6) is 1.03. The molecule has 0 spiro atoms. The Hall–Kier alpha value is -1.88. The van der Waals surface area contributed by atoms with Gasteiger partial charge in [-0.25, -0.2) is 0 Å². The quantitative estimate of drug-likeness (QED) is 0.824. The van der Waals surface area contributed by atoms with Crippen LogP contribution < -0.4 is 4.74 Å². The Bertz CT molecular complexity index is 516. The molecule has 21 heavy (non-hydrogen) atoms. The van der Waals surface area contributed by atoms with Crippen molar-refractivity contribution in [3.63, 3.8) is 0 Å². The van der Waals surface area contributed by atoms with Crippen LogP contribution in [0.4, 0.5) is 0 Å². The van der Waals surface area contributed by atoms with Gasteiger partial charge < -0.3 is 14.4 Å². The average molecular weight is 289 g/mol. The highest BCUT2D eigenvalue weighted by molar-refractivity contribution is 5.94. The molecule has 1 aromatic carbocycles. The summed E-state index contributed by atoms with van der Waals surface area (Å²) in [6.45, 7) is 2.58. The van der Waals surface area contributed by atoms with Crippen LogP contribution in [0.15, 0.2) is 24.3 Å². The Morgan fingerprint density at radius 3 is 2.43 bits per heavy atom. The lowest BCUT2D eigenvalue weighted by atomic mass is 10.2. The van der Waals surface area contributed by atoms with Crippen LogP contribution in [0.3, 0.4) is 0 Å². The number of ketones is 1. The predicted molar refractivity (Wildman–Crippen MR) is 76.4 cm³/mol. The summed E-state index contributed by atoms with van der Waals surface area (Å²) in [7, 11) is 0. The lowest BCUT2D eigenvalue weighted by Crippen LogP contribution is -2.40. The van der Waals surface area contributed by atoms with Crippen LogP contribution in [0, 0.1) is 5.92 Å². The summed E-state index contributed by atoms with van der Waals surface area (Å²) >= 11 is 0. The van der Waals surface area contributed by atoms with Crippen molar-refractivity contribution in [1.29, 1.82) is 0 Å². The van der Waals surface area contributed by atoms with E-state index in [1.165, 1.54) is 0 Å². The van der Waals surface area contributed by atoms with Crippen LogP contribution in [-0.2, 0) is 9.53 Å². The molecule has 1 aliphatic carbocycles. The third kappa shape index (κ3) is 3.61. The molecule has 1 aromatic rings. The van der Waals surface area contributed by atoms with Gasteiger partial charge in [-0.15, -0.1) is 0 Å². The number of ether oxygens (including phenoxy) is 2. The van der Waals surface area contributed by atoms with Gasteiger partial charge in [-0.05, 0) is 37.1 Å². The molecule has 1 aliphatic heterocycles. The zero-order chi connectivity index (χ0) is 14.7. The SMILES string of the molecule is O=C(COc1ccc(C(=O)N2CCOCC2)cc1)C1CC1. The smallest absolute Gasteiger partial charge is 0.254 e. The lowest BCUT2D eigenvalue weighted by Gasteiger charge is -2.26. The van der Waals surface area contributed by atoms with E-state index in [0.29, 0.717) is 37.6 Å². The van der Waals surface area contributed by atoms with Crippen LogP contribution in [0.5, 0.6) is 5.75 Å². The number of carbonyl (C=O) groups is 2. The first-order chi connectivity index (χ1) is 10.2. The van der Waals surface area contributed by atoms with Gasteiger partial charge >= 0.3 is 0 Å². The summed E-state index contributed by atoms with van der Waals surface area (Å²) in [5, 5.41) is 0. The molecule has 0 unspecified atom stereocenters. The third-order valence-electron chi connectivity index (χ3n) is 3.81. The van der Waals surface area contributed by atoms with Crippen molar-refractivity contribution in [3.8, 4) is 5.75 Å². The van der Waals surface area contributed by atoms with Gasteiger partial charge in [0.2, 0.25) is 0 Å². The van der Waals surface area contributed by atoms with Gasteiger partial charge in [0.05, 0.1) is 13.2 Å². The maximum atomic E-state index is 12.3. The summed E-state index contributed by atoms with van der Waals surface area (Å²) < 4.78 is 10.7. The first-order valence-corrected chi connectivity index (χ1v) is 7.36. The van der Waals surface area contributed by atoms with Crippen LogP contribution >= 0.6 is 0 Å². The van der Waals surface area contributed by atoms with Crippen molar-refractivity contribution in [2.75, 3.05) is 32.9 Å². The molecule has 112 valence electrons. The summed E-state index contributed by atoms with van der Waals surface area (Å²) in [4.78, 5) is 25.6. The zero-order valence-corrected chi connectivity index (χ0v) is 11.9. The number of Topliss-reactive ketones (excluding diaryl/α,β-unsaturated/α-hetero) is 1. The van der Waals surface area contributed by atoms with Gasteiger partial charge in [-0.1, -0.05) is 0 Å². The second kappa shape index (κ2) is 6.26. The second-order valence-electron chi connectivity index (χ2n) is 5.46. The maximum absolute atomic E-state index is 12.3. The molecule has 2 aliphatic rings. The van der Waals surface area contributed by atoms with E-state index in [0.717, 1.165) is 12.8 Å². The van der Waals surface area contributed by atoms with Crippen LogP contribution in [-0.4, -0.2) is 49.5 Å². The van der Waals surface area contributed by atoms with Gasteiger partial charge in [0, 0.05) is 24.6 Å². The topological polar surface area (TPSA) is 55.8 Å². The minimum atomic E-state index is 0.0129. The Morgan fingerprint density at radius 2 is 1.81 bits per heavy atom. The van der Waals surface area contributed by atoms with Crippen LogP contribution in [0.2, 0.25) is 0 Å². The minimum Gasteiger partial charge on any atom is -0.486 e. The highest BCUT2D eigenvalue weighted by atomic mass is 16.5. The standard InChI is InChI=1S/C16H19NO4/c18-15(12-1-2-12)11-21-14-5-3-13(4-6-14)16(19)17-7-9-20-10-8-17/h3-6,12H,1-2,7-11H2. The molecule has 1 amide bonds. The van der Waals surface area contributed by atoms with E-state index < -0.39 is 0 Å². The number of carbonyl (C=O) groups excluding carboxylic acids is 2. The number of amides is 1. The van der Waals surface area contributed by atoms with Crippen molar-refractivity contribution in [3.05, 3.63) is 29.8 Å². The molecule has 5 heteroatoms. The number of nitrogens with zero attached hydrogens (tertiary/aromatic N) is 1. The molecule has 1 heterocycles. The molecule has 0 atom stereocenters. The fraction of sp³-hybridized carbons (Fsp3) is 0.500. The van der Waals surface area contributed by atoms with E-state index in [1.807, 2.05) is 0 Å². The monoisotopic (exact) mass is 289 g/mol. The van der Waals surface area contributed by atoms with Gasteiger partial charge in [0.1, 0.15) is 12.4 Å². The Labute approximate surface area is 123 Å². The number of hydrogen-bond donors (Lipinski definition) is 0. The Balaban J connectivity index is 1.55. The van der Waals surface area contributed by atoms with Crippen molar-refractivity contribution >= 4 is 11.7 Å². The number of morpholine rings is 1. The maximum Gasteiger partial charge on any atom is 0.254 e. The zero-order valence-electron chi connectivity index (χ0n) is 11.9. The van der Waals surface area contributed by atoms with E-state index in [4.69, 9.17) is 9.47 Å². The number of hydrogen-bond acceptors (Lipinski definition) is 4. The largest absolute Gasteiger partial charge is 0.486 e. The summed E-state index contributed by atoms with van der Waals surface area (Å²) in [5.41, 5.74) is 0.637. The molecular formula is C16H19NO4. The number of rotatable bonds is 5. The van der Waals surface area contributed by atoms with Crippen molar-refractivity contribution in [2.24, 2.45) is 5.92 Å². The Morgan fingerprint density at radius 1 is 1.14 bits per heavy atom. The highest BCUT2D eigenvalue weighted by Crippen LogP contribution is 2.29. The van der Waals surface area contributed by atoms with Gasteiger partial charge in [-0.2, -0.15) is 0 Å². The van der Waals surface area contributed by atoms with Crippen molar-refractivity contribution < 1.29 is 19.1 Å². The fourth-order valence-electron chi connectivity index (χ4n) is 2.32. The molecular weight excluding hydrogens is 270 g/mol. The van der Waals surface area contributed by atoms with Crippen molar-refractivity contribution in [1.82, 2.24) is 4.90 Å². The predicted octanol–water partition coefficient (Wildman–Crippen LogP) is 1.52. The molecule has 0 radical (unpaired) electrons. The van der Waals surface area contributed by atoms with E-state index in [-0.39, 0.29) is 24.2 Å². The molecule has 0 aromatic heterocycles. The lowest BCUT2D eigenvalue weighted by molar-refractivity contribution is -0.122.